The summed E-state index contributed by atoms with van der Waals surface area (Å²) in [4.78, 5) is 1.20. The van der Waals surface area contributed by atoms with Crippen molar-refractivity contribution in [3.63, 3.8) is 0 Å². The summed E-state index contributed by atoms with van der Waals surface area (Å²) < 4.78 is 38.1. The summed E-state index contributed by atoms with van der Waals surface area (Å²) >= 11 is 0. The molecular weight excluding hydrogens is 244 g/mol. The number of rotatable bonds is 8. The Hall–Kier alpha value is -0.760. The van der Waals surface area contributed by atoms with E-state index in [4.69, 9.17) is 4.74 Å². The molecule has 7 heteroatoms. The fourth-order valence-corrected chi connectivity index (χ4v) is 2.13. The zero-order valence-corrected chi connectivity index (χ0v) is 10.8. The van der Waals surface area contributed by atoms with Crippen LogP contribution in [0.15, 0.2) is 12.4 Å². The Morgan fingerprint density at radius 2 is 2.18 bits per heavy atom. The summed E-state index contributed by atoms with van der Waals surface area (Å²) in [6.07, 6.45) is 7.10. The number of ether oxygens (including phenoxy) is 1. The molecule has 0 aromatic carbocycles. The molecule has 0 aliphatic carbocycles. The van der Waals surface area contributed by atoms with E-state index in [1.165, 1.54) is 4.90 Å². The van der Waals surface area contributed by atoms with Gasteiger partial charge in [0.15, 0.2) is 12.7 Å². The van der Waals surface area contributed by atoms with Crippen molar-refractivity contribution in [3.8, 4) is 0 Å². The maximum Gasteiger partial charge on any atom is 0.335 e. The second-order valence-electron chi connectivity index (χ2n) is 3.97. The SMILES string of the molecule is COCC[NH+]1C=C[N+](CCCCS(=O)(=O)[O-])=C1. The first-order valence-electron chi connectivity index (χ1n) is 5.58. The Balaban J connectivity index is 2.19. The molecule has 17 heavy (non-hydrogen) atoms. The number of hydrogen-bond acceptors (Lipinski definition) is 4. The van der Waals surface area contributed by atoms with Crippen molar-refractivity contribution in [1.82, 2.24) is 0 Å². The van der Waals surface area contributed by atoms with Gasteiger partial charge in [-0.3, -0.25) is 0 Å². The van der Waals surface area contributed by atoms with Crippen LogP contribution >= 0.6 is 0 Å². The number of hydrogen-bond donors (Lipinski definition) is 1. The Labute approximate surface area is 102 Å². The van der Waals surface area contributed by atoms with Gasteiger partial charge < -0.3 is 9.29 Å². The van der Waals surface area contributed by atoms with E-state index in [1.54, 1.807) is 7.11 Å². The van der Waals surface area contributed by atoms with Gasteiger partial charge in [0.05, 0.1) is 16.7 Å². The maximum atomic E-state index is 10.4. The zero-order chi connectivity index (χ0) is 12.7. The van der Waals surface area contributed by atoms with E-state index in [9.17, 15) is 13.0 Å². The van der Waals surface area contributed by atoms with Gasteiger partial charge in [-0.15, -0.1) is 0 Å². The van der Waals surface area contributed by atoms with Crippen LogP contribution in [-0.4, -0.2) is 56.4 Å². The minimum atomic E-state index is -4.06. The highest BCUT2D eigenvalue weighted by Crippen LogP contribution is 1.95. The molecule has 0 aromatic heterocycles. The van der Waals surface area contributed by atoms with E-state index < -0.39 is 10.1 Å². The summed E-state index contributed by atoms with van der Waals surface area (Å²) in [7, 11) is -2.39. The molecule has 0 bridgehead atoms. The predicted molar refractivity (Wildman–Crippen MR) is 61.8 cm³/mol. The van der Waals surface area contributed by atoms with Crippen LogP contribution in [0, 0.1) is 0 Å². The van der Waals surface area contributed by atoms with Gasteiger partial charge in [0, 0.05) is 19.3 Å². The number of quaternary nitrogens is 1. The molecule has 98 valence electrons. The van der Waals surface area contributed by atoms with Crippen molar-refractivity contribution >= 4 is 16.5 Å². The molecule has 0 spiro atoms. The summed E-state index contributed by atoms with van der Waals surface area (Å²) in [6, 6.07) is 0. The van der Waals surface area contributed by atoms with Crippen molar-refractivity contribution in [1.29, 1.82) is 0 Å². The van der Waals surface area contributed by atoms with Crippen molar-refractivity contribution in [2.75, 3.05) is 32.6 Å². The molecular formula is C10H19N2O4S+. The molecule has 1 heterocycles. The maximum absolute atomic E-state index is 10.4. The summed E-state index contributed by atoms with van der Waals surface area (Å²) in [5, 5.41) is 0. The smallest absolute Gasteiger partial charge is 0.335 e. The van der Waals surface area contributed by atoms with Crippen LogP contribution in [-0.2, 0) is 14.9 Å². The van der Waals surface area contributed by atoms with Crippen molar-refractivity contribution in [2.24, 2.45) is 0 Å². The van der Waals surface area contributed by atoms with E-state index >= 15 is 0 Å². The molecule has 0 aromatic rings. The van der Waals surface area contributed by atoms with E-state index in [1.807, 2.05) is 23.3 Å². The molecule has 1 unspecified atom stereocenters. The number of unbranched alkanes of at least 4 members (excludes halogenated alkanes) is 1. The molecule has 1 atom stereocenters. The lowest BCUT2D eigenvalue weighted by Gasteiger charge is -2.04. The molecule has 1 aliphatic rings. The molecule has 0 saturated heterocycles. The first-order chi connectivity index (χ1) is 8.01. The lowest BCUT2D eigenvalue weighted by molar-refractivity contribution is -0.750. The topological polar surface area (TPSA) is 73.9 Å². The van der Waals surface area contributed by atoms with Crippen LogP contribution < -0.4 is 4.90 Å². The third kappa shape index (κ3) is 6.52. The highest BCUT2D eigenvalue weighted by molar-refractivity contribution is 7.85. The van der Waals surface area contributed by atoms with Gasteiger partial charge in [-0.2, -0.15) is 4.58 Å². The second kappa shape index (κ2) is 6.85. The molecule has 1 N–H and O–H groups in total. The predicted octanol–water partition coefficient (Wildman–Crippen LogP) is -1.63. The average molecular weight is 263 g/mol. The highest BCUT2D eigenvalue weighted by atomic mass is 32.2. The van der Waals surface area contributed by atoms with Crippen LogP contribution in [0.25, 0.3) is 0 Å². The normalized spacial score (nSPS) is 19.6. The standard InChI is InChI=1S/C10H18N2O4S/c1-16-8-7-12-6-5-11(10-12)4-2-3-9-17(13,14)15/h5-6,10H,2-4,7-9H2,1H3/p+1. The lowest BCUT2D eigenvalue weighted by atomic mass is 10.3. The van der Waals surface area contributed by atoms with E-state index in [2.05, 4.69) is 0 Å². The summed E-state index contributed by atoms with van der Waals surface area (Å²) in [5.74, 6) is -0.273. The minimum Gasteiger partial charge on any atom is -0.748 e. The fourth-order valence-electron chi connectivity index (χ4n) is 1.57. The van der Waals surface area contributed by atoms with Crippen molar-refractivity contribution in [3.05, 3.63) is 12.4 Å². The average Bonchev–Trinajstić information content (AvgIpc) is 2.68. The Kier molecular flexibility index (Phi) is 5.76. The number of nitrogens with one attached hydrogen (secondary N) is 1. The zero-order valence-electron chi connectivity index (χ0n) is 9.96. The number of nitrogens with zero attached hydrogens (tertiary/aromatic N) is 1. The quantitative estimate of drug-likeness (QED) is 0.324. The molecule has 0 fully saturated rings. The van der Waals surface area contributed by atoms with Crippen LogP contribution in [0.1, 0.15) is 12.8 Å². The van der Waals surface area contributed by atoms with Crippen LogP contribution in [0.4, 0.5) is 0 Å². The second-order valence-corrected chi connectivity index (χ2v) is 5.49. The van der Waals surface area contributed by atoms with Crippen molar-refractivity contribution in [2.45, 2.75) is 12.8 Å². The van der Waals surface area contributed by atoms with E-state index in [0.717, 1.165) is 13.1 Å². The van der Waals surface area contributed by atoms with Gasteiger partial charge in [0.25, 0.3) is 0 Å². The van der Waals surface area contributed by atoms with Crippen LogP contribution in [0.5, 0.6) is 0 Å². The van der Waals surface area contributed by atoms with E-state index in [0.29, 0.717) is 19.4 Å². The molecule has 6 nitrogen and oxygen atoms in total. The first kappa shape index (κ1) is 14.3. The molecule has 0 saturated carbocycles. The van der Waals surface area contributed by atoms with Crippen molar-refractivity contribution < 1.29 is 27.2 Å². The van der Waals surface area contributed by atoms with Gasteiger partial charge in [0.1, 0.15) is 6.54 Å². The van der Waals surface area contributed by atoms with Gasteiger partial charge in [-0.1, -0.05) is 0 Å². The van der Waals surface area contributed by atoms with Gasteiger partial charge >= 0.3 is 6.34 Å². The molecule has 1 aliphatic heterocycles. The van der Waals surface area contributed by atoms with Gasteiger partial charge in [-0.25, -0.2) is 13.3 Å². The largest absolute Gasteiger partial charge is 0.748 e. The lowest BCUT2D eigenvalue weighted by Crippen LogP contribution is -3.06. The monoisotopic (exact) mass is 263 g/mol. The fraction of sp³-hybridized carbons (Fsp3) is 0.700. The summed E-state index contributed by atoms with van der Waals surface area (Å²) in [6.45, 7) is 2.30. The Morgan fingerprint density at radius 3 is 2.82 bits per heavy atom. The third-order valence-corrected chi connectivity index (χ3v) is 3.26. The highest BCUT2D eigenvalue weighted by Gasteiger charge is 2.16. The Morgan fingerprint density at radius 1 is 1.41 bits per heavy atom. The minimum absolute atomic E-state index is 0.273. The van der Waals surface area contributed by atoms with Gasteiger partial charge in [0.2, 0.25) is 6.20 Å². The van der Waals surface area contributed by atoms with Gasteiger partial charge in [-0.05, 0) is 6.42 Å². The van der Waals surface area contributed by atoms with Crippen LogP contribution in [0.2, 0.25) is 0 Å². The molecule has 0 amide bonds. The number of methoxy groups -OCH3 is 1. The molecule has 0 radical (unpaired) electrons. The third-order valence-electron chi connectivity index (χ3n) is 2.47. The first-order valence-corrected chi connectivity index (χ1v) is 7.16. The molecule has 1 rings (SSSR count). The summed E-state index contributed by atoms with van der Waals surface area (Å²) in [5.41, 5.74) is 0. The Bertz CT molecular complexity index is 389. The van der Waals surface area contributed by atoms with E-state index in [-0.39, 0.29) is 5.75 Å². The van der Waals surface area contributed by atoms with Crippen LogP contribution in [0.3, 0.4) is 0 Å².